The molecule has 0 fully saturated rings. The van der Waals surface area contributed by atoms with Crippen molar-refractivity contribution in [3.8, 4) is 0 Å². The van der Waals surface area contributed by atoms with E-state index < -0.39 is 0 Å². The summed E-state index contributed by atoms with van der Waals surface area (Å²) in [5, 5.41) is 1.82. The molecule has 4 rings (SSSR count). The van der Waals surface area contributed by atoms with Gasteiger partial charge in [0.2, 0.25) is 0 Å². The Hall–Kier alpha value is -2.17. The first kappa shape index (κ1) is 14.4. The zero-order chi connectivity index (χ0) is 16.0. The van der Waals surface area contributed by atoms with E-state index in [0.29, 0.717) is 12.5 Å². The van der Waals surface area contributed by atoms with Crippen LogP contribution in [-0.2, 0) is 6.54 Å². The lowest BCUT2D eigenvalue weighted by Crippen LogP contribution is -2.46. The lowest BCUT2D eigenvalue weighted by atomic mass is 9.75. The van der Waals surface area contributed by atoms with Gasteiger partial charge >= 0.3 is 0 Å². The molecule has 0 aromatic heterocycles. The molecule has 2 heterocycles. The van der Waals surface area contributed by atoms with Gasteiger partial charge in [0.25, 0.3) is 0 Å². The number of fused-ring (bicyclic) bond motifs is 5. The maximum Gasteiger partial charge on any atom is 0.0611 e. The van der Waals surface area contributed by atoms with Crippen LogP contribution in [0, 0.1) is 5.92 Å². The predicted molar refractivity (Wildman–Crippen MR) is 94.5 cm³/mol. The van der Waals surface area contributed by atoms with E-state index in [2.05, 4.69) is 43.3 Å². The van der Waals surface area contributed by atoms with Gasteiger partial charge in [-0.3, -0.25) is 4.99 Å². The topological polar surface area (TPSA) is 67.6 Å². The predicted octanol–water partition coefficient (Wildman–Crippen LogP) is 2.43. The minimum atomic E-state index is 0.0704. The van der Waals surface area contributed by atoms with Crippen LogP contribution in [0.3, 0.4) is 0 Å². The van der Waals surface area contributed by atoms with Crippen molar-refractivity contribution >= 4 is 11.4 Å². The molecule has 0 saturated carbocycles. The molecule has 2 aromatic carbocycles. The van der Waals surface area contributed by atoms with E-state index >= 15 is 0 Å². The van der Waals surface area contributed by atoms with Crippen molar-refractivity contribution in [2.24, 2.45) is 22.5 Å². The highest BCUT2D eigenvalue weighted by molar-refractivity contribution is 6.10. The first-order valence-electron chi connectivity index (χ1n) is 8.16. The Morgan fingerprint density at radius 3 is 2.70 bits per heavy atom. The molecule has 2 aliphatic heterocycles. The van der Waals surface area contributed by atoms with Crippen molar-refractivity contribution < 1.29 is 0 Å². The van der Waals surface area contributed by atoms with Gasteiger partial charge in [-0.05, 0) is 23.1 Å². The Kier molecular flexibility index (Phi) is 3.43. The molecule has 0 aliphatic carbocycles. The van der Waals surface area contributed by atoms with E-state index in [1.807, 2.05) is 17.1 Å². The summed E-state index contributed by atoms with van der Waals surface area (Å²) < 4.78 is 0. The fourth-order valence-electron chi connectivity index (χ4n) is 3.77. The summed E-state index contributed by atoms with van der Waals surface area (Å²) in [4.78, 5) is 4.91. The number of anilines is 1. The number of para-hydroxylation sites is 1. The Balaban J connectivity index is 1.98. The molecule has 23 heavy (non-hydrogen) atoms. The van der Waals surface area contributed by atoms with Crippen LogP contribution < -0.4 is 16.6 Å². The Morgan fingerprint density at radius 1 is 1.09 bits per heavy atom. The highest BCUT2D eigenvalue weighted by Crippen LogP contribution is 2.38. The Labute approximate surface area is 136 Å². The second-order valence-corrected chi connectivity index (χ2v) is 6.60. The van der Waals surface area contributed by atoms with E-state index in [1.54, 1.807) is 0 Å². The van der Waals surface area contributed by atoms with Gasteiger partial charge in [-0.1, -0.05) is 49.4 Å². The quantitative estimate of drug-likeness (QED) is 0.735. The fourth-order valence-corrected chi connectivity index (χ4v) is 3.77. The summed E-state index contributed by atoms with van der Waals surface area (Å²) >= 11 is 0. The third kappa shape index (κ3) is 2.26. The van der Waals surface area contributed by atoms with Crippen LogP contribution >= 0.6 is 0 Å². The Morgan fingerprint density at radius 2 is 1.83 bits per heavy atom. The zero-order valence-corrected chi connectivity index (χ0v) is 13.3. The van der Waals surface area contributed by atoms with E-state index in [-0.39, 0.29) is 12.0 Å². The molecule has 0 radical (unpaired) electrons. The van der Waals surface area contributed by atoms with Crippen molar-refractivity contribution in [1.29, 1.82) is 0 Å². The number of aliphatic imine (C=N–C) groups is 1. The lowest BCUT2D eigenvalue weighted by Gasteiger charge is -2.38. The van der Waals surface area contributed by atoms with Crippen LogP contribution in [0.1, 0.15) is 29.5 Å². The van der Waals surface area contributed by atoms with E-state index in [1.165, 1.54) is 11.1 Å². The molecule has 0 saturated heterocycles. The maximum absolute atomic E-state index is 6.63. The average Bonchev–Trinajstić information content (AvgIpc) is 2.57. The smallest absolute Gasteiger partial charge is 0.0611 e. The molecular formula is C19H22N4. The summed E-state index contributed by atoms with van der Waals surface area (Å²) in [5.74, 6) is 6.86. The van der Waals surface area contributed by atoms with Crippen LogP contribution in [0.25, 0.3) is 0 Å². The molecule has 2 aromatic rings. The molecule has 0 spiro atoms. The molecule has 0 amide bonds. The standard InChI is InChI=1S/C19H22N4/c1-12-10-22-19-15-8-4-5-9-16(15)23(21)11-13-6-2-3-7-14(13)17(19)18(12)20/h2-9,12,17-18H,10-11,20-21H2,1H3. The second kappa shape index (κ2) is 5.48. The molecule has 4 N–H and O–H groups in total. The van der Waals surface area contributed by atoms with Gasteiger partial charge in [-0.15, -0.1) is 0 Å². The molecule has 118 valence electrons. The van der Waals surface area contributed by atoms with Gasteiger partial charge in [0.15, 0.2) is 0 Å². The van der Waals surface area contributed by atoms with Crippen molar-refractivity contribution in [2.75, 3.05) is 11.6 Å². The third-order valence-corrected chi connectivity index (χ3v) is 5.11. The van der Waals surface area contributed by atoms with Crippen LogP contribution in [0.5, 0.6) is 0 Å². The molecular weight excluding hydrogens is 284 g/mol. The zero-order valence-electron chi connectivity index (χ0n) is 13.3. The third-order valence-electron chi connectivity index (χ3n) is 5.11. The average molecular weight is 306 g/mol. The summed E-state index contributed by atoms with van der Waals surface area (Å²) in [6.45, 7) is 3.64. The summed E-state index contributed by atoms with van der Waals surface area (Å²) in [6, 6.07) is 16.8. The Bertz CT molecular complexity index is 767. The largest absolute Gasteiger partial charge is 0.326 e. The van der Waals surface area contributed by atoms with Crippen molar-refractivity contribution in [3.63, 3.8) is 0 Å². The molecule has 4 nitrogen and oxygen atoms in total. The summed E-state index contributed by atoms with van der Waals surface area (Å²) in [5.41, 5.74) is 12.3. The van der Waals surface area contributed by atoms with E-state index in [9.17, 15) is 0 Å². The van der Waals surface area contributed by atoms with Crippen molar-refractivity contribution in [1.82, 2.24) is 0 Å². The normalized spacial score (nSPS) is 26.3. The highest BCUT2D eigenvalue weighted by Gasteiger charge is 2.36. The van der Waals surface area contributed by atoms with Crippen LogP contribution in [0.15, 0.2) is 53.5 Å². The van der Waals surface area contributed by atoms with Gasteiger partial charge < -0.3 is 10.7 Å². The highest BCUT2D eigenvalue weighted by atomic mass is 15.4. The molecule has 0 bridgehead atoms. The van der Waals surface area contributed by atoms with Crippen molar-refractivity contribution in [2.45, 2.75) is 25.4 Å². The second-order valence-electron chi connectivity index (χ2n) is 6.60. The first-order chi connectivity index (χ1) is 11.2. The molecule has 3 unspecified atom stereocenters. The fraction of sp³-hybridized carbons (Fsp3) is 0.316. The molecule has 4 heteroatoms. The number of nitrogens with zero attached hydrogens (tertiary/aromatic N) is 2. The number of rotatable bonds is 0. The summed E-state index contributed by atoms with van der Waals surface area (Å²) in [7, 11) is 0. The number of hydrazine groups is 1. The number of hydrogen-bond acceptors (Lipinski definition) is 4. The first-order valence-corrected chi connectivity index (χ1v) is 8.16. The van der Waals surface area contributed by atoms with Gasteiger partial charge in [0.1, 0.15) is 0 Å². The summed E-state index contributed by atoms with van der Waals surface area (Å²) in [6.07, 6.45) is 0. The number of hydrogen-bond donors (Lipinski definition) is 2. The van der Waals surface area contributed by atoms with Gasteiger partial charge in [-0.25, -0.2) is 5.84 Å². The van der Waals surface area contributed by atoms with Gasteiger partial charge in [-0.2, -0.15) is 0 Å². The number of benzene rings is 2. The van der Waals surface area contributed by atoms with E-state index in [4.69, 9.17) is 16.6 Å². The monoisotopic (exact) mass is 306 g/mol. The van der Waals surface area contributed by atoms with Crippen LogP contribution in [0.4, 0.5) is 5.69 Å². The van der Waals surface area contributed by atoms with Crippen LogP contribution in [-0.4, -0.2) is 18.3 Å². The SMILES string of the molecule is CC1CN=C2c3ccccc3N(N)Cc3ccccc3C2C1N. The molecule has 2 aliphatic rings. The van der Waals surface area contributed by atoms with Crippen molar-refractivity contribution in [3.05, 3.63) is 65.2 Å². The maximum atomic E-state index is 6.63. The van der Waals surface area contributed by atoms with Crippen LogP contribution in [0.2, 0.25) is 0 Å². The number of nitrogens with two attached hydrogens (primary N) is 2. The molecule has 3 atom stereocenters. The van der Waals surface area contributed by atoms with Gasteiger partial charge in [0.05, 0.1) is 17.9 Å². The lowest BCUT2D eigenvalue weighted by molar-refractivity contribution is 0.424. The van der Waals surface area contributed by atoms with Gasteiger partial charge in [0, 0.05) is 24.1 Å². The minimum absolute atomic E-state index is 0.0704. The van der Waals surface area contributed by atoms with E-state index in [0.717, 1.165) is 23.5 Å². The minimum Gasteiger partial charge on any atom is -0.326 e.